The third kappa shape index (κ3) is 4.48. The second-order valence-corrected chi connectivity index (χ2v) is 5.21. The minimum absolute atomic E-state index is 0.191. The Kier molecular flexibility index (Phi) is 6.25. The van der Waals surface area contributed by atoms with E-state index in [1.165, 1.54) is 6.07 Å². The quantitative estimate of drug-likeness (QED) is 0.821. The predicted octanol–water partition coefficient (Wildman–Crippen LogP) is 2.10. The largest absolute Gasteiger partial charge is 0.368 e. The minimum Gasteiger partial charge on any atom is -0.368 e. The Morgan fingerprint density at radius 2 is 2.00 bits per heavy atom. The second-order valence-electron chi connectivity index (χ2n) is 5.21. The Bertz CT molecular complexity index is 393. The Morgan fingerprint density at radius 1 is 1.32 bits per heavy atom. The first-order valence-corrected chi connectivity index (χ1v) is 6.89. The SMILES string of the molecule is CCN(c1ccc(F)cc1CCN)C(C)CN(C)C. The molecule has 0 fully saturated rings. The van der Waals surface area contributed by atoms with Crippen LogP contribution in [0.2, 0.25) is 0 Å². The molecule has 0 aliphatic rings. The molecule has 4 heteroatoms. The van der Waals surface area contributed by atoms with Gasteiger partial charge in [0.2, 0.25) is 0 Å². The first kappa shape index (κ1) is 15.9. The Labute approximate surface area is 116 Å². The standard InChI is InChI=1S/C15H26FN3/c1-5-19(12(2)11-18(3)4)15-7-6-14(16)10-13(15)8-9-17/h6-7,10,12H,5,8-9,11,17H2,1-4H3. The lowest BCUT2D eigenvalue weighted by Gasteiger charge is -2.33. The summed E-state index contributed by atoms with van der Waals surface area (Å²) in [6.45, 7) is 6.72. The second kappa shape index (κ2) is 7.46. The molecule has 0 amide bonds. The zero-order chi connectivity index (χ0) is 14.4. The lowest BCUT2D eigenvalue weighted by molar-refractivity contribution is 0.372. The molecule has 0 aliphatic carbocycles. The van der Waals surface area contributed by atoms with Gasteiger partial charge in [0, 0.05) is 24.8 Å². The summed E-state index contributed by atoms with van der Waals surface area (Å²) in [4.78, 5) is 4.48. The zero-order valence-electron chi connectivity index (χ0n) is 12.5. The van der Waals surface area contributed by atoms with Crippen molar-refractivity contribution in [1.82, 2.24) is 4.90 Å². The average molecular weight is 267 g/mol. The highest BCUT2D eigenvalue weighted by Crippen LogP contribution is 2.24. The highest BCUT2D eigenvalue weighted by atomic mass is 19.1. The summed E-state index contributed by atoms with van der Waals surface area (Å²) in [6, 6.07) is 5.38. The number of hydrogen-bond donors (Lipinski definition) is 1. The molecule has 0 heterocycles. The van der Waals surface area contributed by atoms with E-state index in [2.05, 4.69) is 37.7 Å². The number of halogens is 1. The Morgan fingerprint density at radius 3 is 2.53 bits per heavy atom. The van der Waals surface area contributed by atoms with E-state index in [1.54, 1.807) is 6.07 Å². The molecule has 1 rings (SSSR count). The van der Waals surface area contributed by atoms with Crippen LogP contribution < -0.4 is 10.6 Å². The summed E-state index contributed by atoms with van der Waals surface area (Å²) >= 11 is 0. The van der Waals surface area contributed by atoms with Crippen LogP contribution in [0.1, 0.15) is 19.4 Å². The van der Waals surface area contributed by atoms with Crippen molar-refractivity contribution >= 4 is 5.69 Å². The predicted molar refractivity (Wildman–Crippen MR) is 80.2 cm³/mol. The normalized spacial score (nSPS) is 12.8. The molecule has 1 unspecified atom stereocenters. The van der Waals surface area contributed by atoms with Crippen molar-refractivity contribution in [3.63, 3.8) is 0 Å². The van der Waals surface area contributed by atoms with E-state index in [4.69, 9.17) is 5.73 Å². The van der Waals surface area contributed by atoms with Gasteiger partial charge in [0.1, 0.15) is 5.82 Å². The summed E-state index contributed by atoms with van der Waals surface area (Å²) in [5.41, 5.74) is 7.72. The molecular formula is C15H26FN3. The molecule has 3 nitrogen and oxygen atoms in total. The minimum atomic E-state index is -0.191. The molecule has 0 radical (unpaired) electrons. The summed E-state index contributed by atoms with van der Waals surface area (Å²) in [5.74, 6) is -0.191. The van der Waals surface area contributed by atoms with Crippen molar-refractivity contribution in [2.45, 2.75) is 26.3 Å². The summed E-state index contributed by atoms with van der Waals surface area (Å²) in [7, 11) is 4.13. The number of hydrogen-bond acceptors (Lipinski definition) is 3. The van der Waals surface area contributed by atoms with Crippen LogP contribution in [0.15, 0.2) is 18.2 Å². The maximum Gasteiger partial charge on any atom is 0.123 e. The fourth-order valence-corrected chi connectivity index (χ4v) is 2.54. The van der Waals surface area contributed by atoms with Crippen LogP contribution in [0.3, 0.4) is 0 Å². The van der Waals surface area contributed by atoms with Gasteiger partial charge in [-0.2, -0.15) is 0 Å². The van der Waals surface area contributed by atoms with Crippen LogP contribution in [-0.2, 0) is 6.42 Å². The van der Waals surface area contributed by atoms with Gasteiger partial charge in [-0.1, -0.05) is 0 Å². The number of nitrogens with two attached hydrogens (primary N) is 1. The molecule has 19 heavy (non-hydrogen) atoms. The van der Waals surface area contributed by atoms with Gasteiger partial charge in [-0.25, -0.2) is 4.39 Å². The van der Waals surface area contributed by atoms with E-state index in [1.807, 2.05) is 6.07 Å². The van der Waals surface area contributed by atoms with Crippen molar-refractivity contribution in [2.75, 3.05) is 38.6 Å². The maximum atomic E-state index is 13.4. The molecule has 108 valence electrons. The fourth-order valence-electron chi connectivity index (χ4n) is 2.54. The molecule has 2 N–H and O–H groups in total. The molecule has 1 atom stereocenters. The van der Waals surface area contributed by atoms with Crippen LogP contribution >= 0.6 is 0 Å². The van der Waals surface area contributed by atoms with Gasteiger partial charge in [-0.05, 0) is 64.7 Å². The van der Waals surface area contributed by atoms with E-state index < -0.39 is 0 Å². The third-order valence-corrected chi connectivity index (χ3v) is 3.27. The van der Waals surface area contributed by atoms with Gasteiger partial charge in [-0.3, -0.25) is 0 Å². The molecule has 0 saturated carbocycles. The molecule has 0 spiro atoms. The van der Waals surface area contributed by atoms with Gasteiger partial charge in [-0.15, -0.1) is 0 Å². The topological polar surface area (TPSA) is 32.5 Å². The van der Waals surface area contributed by atoms with Crippen LogP contribution in [0.25, 0.3) is 0 Å². The molecule has 0 aliphatic heterocycles. The number of anilines is 1. The molecule has 1 aromatic carbocycles. The van der Waals surface area contributed by atoms with E-state index in [0.717, 1.165) is 24.3 Å². The number of benzene rings is 1. The van der Waals surface area contributed by atoms with Crippen molar-refractivity contribution < 1.29 is 4.39 Å². The first-order valence-electron chi connectivity index (χ1n) is 6.89. The molecular weight excluding hydrogens is 241 g/mol. The number of likely N-dealkylation sites (N-methyl/N-ethyl adjacent to an activating group) is 2. The molecule has 1 aromatic rings. The number of nitrogens with zero attached hydrogens (tertiary/aromatic N) is 2. The van der Waals surface area contributed by atoms with Gasteiger partial charge in [0.15, 0.2) is 0 Å². The van der Waals surface area contributed by atoms with Crippen LogP contribution in [-0.4, -0.2) is 44.7 Å². The summed E-state index contributed by atoms with van der Waals surface area (Å²) < 4.78 is 13.4. The van der Waals surface area contributed by atoms with Crippen LogP contribution in [0, 0.1) is 5.82 Å². The van der Waals surface area contributed by atoms with E-state index in [9.17, 15) is 4.39 Å². The monoisotopic (exact) mass is 267 g/mol. The van der Waals surface area contributed by atoms with Crippen LogP contribution in [0.5, 0.6) is 0 Å². The van der Waals surface area contributed by atoms with E-state index in [0.29, 0.717) is 19.0 Å². The smallest absolute Gasteiger partial charge is 0.123 e. The van der Waals surface area contributed by atoms with Gasteiger partial charge in [0.05, 0.1) is 0 Å². The first-order chi connectivity index (χ1) is 8.99. The van der Waals surface area contributed by atoms with Crippen molar-refractivity contribution in [1.29, 1.82) is 0 Å². The van der Waals surface area contributed by atoms with Gasteiger partial charge >= 0.3 is 0 Å². The third-order valence-electron chi connectivity index (χ3n) is 3.27. The van der Waals surface area contributed by atoms with Crippen molar-refractivity contribution in [2.24, 2.45) is 5.73 Å². The van der Waals surface area contributed by atoms with Gasteiger partial charge in [0.25, 0.3) is 0 Å². The highest BCUT2D eigenvalue weighted by Gasteiger charge is 2.16. The van der Waals surface area contributed by atoms with Crippen molar-refractivity contribution in [3.8, 4) is 0 Å². The zero-order valence-corrected chi connectivity index (χ0v) is 12.5. The highest BCUT2D eigenvalue weighted by molar-refractivity contribution is 5.54. The van der Waals surface area contributed by atoms with Crippen molar-refractivity contribution in [3.05, 3.63) is 29.6 Å². The fraction of sp³-hybridized carbons (Fsp3) is 0.600. The lowest BCUT2D eigenvalue weighted by Crippen LogP contribution is -2.40. The van der Waals surface area contributed by atoms with Crippen LogP contribution in [0.4, 0.5) is 10.1 Å². The number of rotatable bonds is 7. The molecule has 0 bridgehead atoms. The molecule has 0 aromatic heterocycles. The maximum absolute atomic E-state index is 13.4. The summed E-state index contributed by atoms with van der Waals surface area (Å²) in [6.07, 6.45) is 0.707. The Balaban J connectivity index is 3.02. The lowest BCUT2D eigenvalue weighted by atomic mass is 10.1. The van der Waals surface area contributed by atoms with E-state index in [-0.39, 0.29) is 5.82 Å². The van der Waals surface area contributed by atoms with Gasteiger partial charge < -0.3 is 15.5 Å². The van der Waals surface area contributed by atoms with E-state index >= 15 is 0 Å². The molecule has 0 saturated heterocycles. The summed E-state index contributed by atoms with van der Waals surface area (Å²) in [5, 5.41) is 0. The average Bonchev–Trinajstić information content (AvgIpc) is 2.32. The Hall–Kier alpha value is -1.13.